The number of carbonyl (C=O) groups excluding carboxylic acids is 1. The summed E-state index contributed by atoms with van der Waals surface area (Å²) in [7, 11) is 0. The molecule has 80 valence electrons. The number of carbonyl (C=O) groups is 2. The number of esters is 1. The van der Waals surface area contributed by atoms with E-state index < -0.39 is 12.1 Å². The summed E-state index contributed by atoms with van der Waals surface area (Å²) in [4.78, 5) is 21.7. The van der Waals surface area contributed by atoms with Crippen LogP contribution in [0.1, 0.15) is 19.8 Å². The van der Waals surface area contributed by atoms with Gasteiger partial charge >= 0.3 is 11.9 Å². The lowest BCUT2D eigenvalue weighted by Gasteiger charge is -2.24. The number of ether oxygens (including phenoxy) is 2. The molecule has 1 aliphatic rings. The van der Waals surface area contributed by atoms with Crippen LogP contribution in [0.3, 0.4) is 0 Å². The summed E-state index contributed by atoms with van der Waals surface area (Å²) in [5.41, 5.74) is 0. The van der Waals surface area contributed by atoms with Crippen molar-refractivity contribution in [3.8, 4) is 0 Å². The molecule has 0 amide bonds. The lowest BCUT2D eigenvalue weighted by molar-refractivity contribution is -0.164. The third-order valence-electron chi connectivity index (χ3n) is 2.17. The fourth-order valence-electron chi connectivity index (χ4n) is 1.39. The van der Waals surface area contributed by atoms with Crippen LogP contribution in [0.2, 0.25) is 0 Å². The molecule has 0 aliphatic carbocycles. The van der Waals surface area contributed by atoms with Gasteiger partial charge in [0, 0.05) is 0 Å². The maximum absolute atomic E-state index is 11.2. The van der Waals surface area contributed by atoms with Crippen LogP contribution in [0.5, 0.6) is 0 Å². The first-order valence-corrected chi connectivity index (χ1v) is 4.66. The normalized spacial score (nSPS) is 26.9. The van der Waals surface area contributed by atoms with Gasteiger partial charge in [-0.3, -0.25) is 4.79 Å². The molecule has 2 atom stereocenters. The molecular weight excluding hydrogens is 188 g/mol. The van der Waals surface area contributed by atoms with Gasteiger partial charge in [-0.25, -0.2) is 4.79 Å². The Kier molecular flexibility index (Phi) is 3.88. The topological polar surface area (TPSA) is 72.8 Å². The van der Waals surface area contributed by atoms with Crippen LogP contribution in [0.25, 0.3) is 0 Å². The van der Waals surface area contributed by atoms with E-state index in [1.165, 1.54) is 0 Å². The highest BCUT2D eigenvalue weighted by Crippen LogP contribution is 2.20. The number of hydrogen-bond acceptors (Lipinski definition) is 4. The molecule has 0 saturated carbocycles. The van der Waals surface area contributed by atoms with Gasteiger partial charge in [0.05, 0.1) is 19.1 Å². The average Bonchev–Trinajstić information content (AvgIpc) is 2.18. The van der Waals surface area contributed by atoms with Crippen LogP contribution in [0.4, 0.5) is 0 Å². The quantitative estimate of drug-likeness (QED) is 0.672. The highest BCUT2D eigenvalue weighted by atomic mass is 16.5. The van der Waals surface area contributed by atoms with Crippen molar-refractivity contribution in [2.24, 2.45) is 5.92 Å². The van der Waals surface area contributed by atoms with Crippen LogP contribution < -0.4 is 0 Å². The van der Waals surface area contributed by atoms with Gasteiger partial charge in [-0.2, -0.15) is 0 Å². The maximum Gasteiger partial charge on any atom is 0.332 e. The van der Waals surface area contributed by atoms with E-state index in [9.17, 15) is 9.59 Å². The van der Waals surface area contributed by atoms with Crippen molar-refractivity contribution < 1.29 is 24.2 Å². The minimum atomic E-state index is -0.965. The molecule has 5 nitrogen and oxygen atoms in total. The standard InChI is InChI=1S/C9H14O5/c1-2-13-9(12)6-3-4-7(8(10)11)14-5-6/h6-7H,2-5H2,1H3,(H,10,11)/t6-,7+/m0/s1. The Labute approximate surface area is 82.0 Å². The molecule has 1 aliphatic heterocycles. The van der Waals surface area contributed by atoms with E-state index in [1.54, 1.807) is 6.92 Å². The smallest absolute Gasteiger partial charge is 0.332 e. The zero-order valence-electron chi connectivity index (χ0n) is 8.06. The van der Waals surface area contributed by atoms with E-state index in [2.05, 4.69) is 0 Å². The van der Waals surface area contributed by atoms with Gasteiger partial charge in [0.25, 0.3) is 0 Å². The van der Waals surface area contributed by atoms with Crippen LogP contribution in [0, 0.1) is 5.92 Å². The van der Waals surface area contributed by atoms with Crippen molar-refractivity contribution in [1.29, 1.82) is 0 Å². The summed E-state index contributed by atoms with van der Waals surface area (Å²) in [6.07, 6.45) is 0.134. The van der Waals surface area contributed by atoms with E-state index in [1.807, 2.05) is 0 Å². The molecule has 0 aromatic carbocycles. The Morgan fingerprint density at radius 2 is 2.21 bits per heavy atom. The summed E-state index contributed by atoms with van der Waals surface area (Å²) in [5.74, 6) is -1.56. The molecule has 0 aromatic rings. The molecule has 1 rings (SSSR count). The molecular formula is C9H14O5. The number of rotatable bonds is 3. The minimum Gasteiger partial charge on any atom is -0.479 e. The highest BCUT2D eigenvalue weighted by molar-refractivity contribution is 5.75. The molecule has 0 bridgehead atoms. The van der Waals surface area contributed by atoms with Gasteiger partial charge in [0.1, 0.15) is 0 Å². The predicted molar refractivity (Wildman–Crippen MR) is 46.7 cm³/mol. The summed E-state index contributed by atoms with van der Waals surface area (Å²) in [6.45, 7) is 2.23. The van der Waals surface area contributed by atoms with Gasteiger partial charge in [-0.15, -0.1) is 0 Å². The van der Waals surface area contributed by atoms with Crippen molar-refractivity contribution in [3.05, 3.63) is 0 Å². The molecule has 0 unspecified atom stereocenters. The lowest BCUT2D eigenvalue weighted by atomic mass is 9.99. The molecule has 1 saturated heterocycles. The van der Waals surface area contributed by atoms with Gasteiger partial charge < -0.3 is 14.6 Å². The van der Waals surface area contributed by atoms with Crippen molar-refractivity contribution >= 4 is 11.9 Å². The van der Waals surface area contributed by atoms with Crippen LogP contribution in [-0.2, 0) is 19.1 Å². The summed E-state index contributed by atoms with van der Waals surface area (Å²) >= 11 is 0. The fourth-order valence-corrected chi connectivity index (χ4v) is 1.39. The van der Waals surface area contributed by atoms with Crippen molar-refractivity contribution in [3.63, 3.8) is 0 Å². The monoisotopic (exact) mass is 202 g/mol. The van der Waals surface area contributed by atoms with Gasteiger partial charge in [0.15, 0.2) is 6.10 Å². The van der Waals surface area contributed by atoms with E-state index in [0.717, 1.165) is 0 Å². The molecule has 1 fully saturated rings. The second-order valence-corrected chi connectivity index (χ2v) is 3.19. The lowest BCUT2D eigenvalue weighted by Crippen LogP contribution is -2.35. The number of carboxylic acids is 1. The number of aliphatic carboxylic acids is 1. The maximum atomic E-state index is 11.2. The van der Waals surface area contributed by atoms with E-state index in [0.29, 0.717) is 19.4 Å². The summed E-state index contributed by atoms with van der Waals surface area (Å²) in [6, 6.07) is 0. The summed E-state index contributed by atoms with van der Waals surface area (Å²) in [5, 5.41) is 8.63. The largest absolute Gasteiger partial charge is 0.479 e. The van der Waals surface area contributed by atoms with Gasteiger partial charge in [-0.05, 0) is 19.8 Å². The van der Waals surface area contributed by atoms with E-state index in [-0.39, 0.29) is 18.5 Å². The van der Waals surface area contributed by atoms with Crippen LogP contribution >= 0.6 is 0 Å². The van der Waals surface area contributed by atoms with Crippen molar-refractivity contribution in [1.82, 2.24) is 0 Å². The predicted octanol–water partition coefficient (Wildman–Crippen LogP) is 0.429. The Morgan fingerprint density at radius 1 is 1.50 bits per heavy atom. The zero-order valence-corrected chi connectivity index (χ0v) is 8.06. The SMILES string of the molecule is CCOC(=O)[C@H]1CC[C@H](C(=O)O)OC1. The molecule has 1 heterocycles. The molecule has 0 aromatic heterocycles. The second-order valence-electron chi connectivity index (χ2n) is 3.19. The van der Waals surface area contributed by atoms with Crippen LogP contribution in [-0.4, -0.2) is 36.4 Å². The Morgan fingerprint density at radius 3 is 2.64 bits per heavy atom. The second kappa shape index (κ2) is 4.95. The number of carboxylic acid groups (broad SMARTS) is 1. The van der Waals surface area contributed by atoms with Crippen molar-refractivity contribution in [2.45, 2.75) is 25.9 Å². The first-order chi connectivity index (χ1) is 6.65. The zero-order chi connectivity index (χ0) is 10.6. The Bertz CT molecular complexity index is 217. The van der Waals surface area contributed by atoms with E-state index >= 15 is 0 Å². The van der Waals surface area contributed by atoms with Crippen LogP contribution in [0.15, 0.2) is 0 Å². The first-order valence-electron chi connectivity index (χ1n) is 4.66. The molecule has 0 spiro atoms. The summed E-state index contributed by atoms with van der Waals surface area (Å²) < 4.78 is 9.83. The first kappa shape index (κ1) is 11.0. The number of hydrogen-bond donors (Lipinski definition) is 1. The third kappa shape index (κ3) is 2.70. The average molecular weight is 202 g/mol. The Balaban J connectivity index is 2.35. The van der Waals surface area contributed by atoms with Crippen molar-refractivity contribution in [2.75, 3.05) is 13.2 Å². The van der Waals surface area contributed by atoms with Gasteiger partial charge in [0.2, 0.25) is 0 Å². The molecule has 0 radical (unpaired) electrons. The van der Waals surface area contributed by atoms with Gasteiger partial charge in [-0.1, -0.05) is 0 Å². The van der Waals surface area contributed by atoms with E-state index in [4.69, 9.17) is 14.6 Å². The fraction of sp³-hybridized carbons (Fsp3) is 0.778. The molecule has 1 N–H and O–H groups in total. The molecule has 14 heavy (non-hydrogen) atoms. The Hall–Kier alpha value is -1.10. The molecule has 5 heteroatoms. The third-order valence-corrected chi connectivity index (χ3v) is 2.17. The highest BCUT2D eigenvalue weighted by Gasteiger charge is 2.31. The minimum absolute atomic E-state index is 0.149.